The van der Waals surface area contributed by atoms with Crippen molar-refractivity contribution in [1.82, 2.24) is 5.32 Å². The van der Waals surface area contributed by atoms with Crippen LogP contribution in [0, 0.1) is 18.7 Å². The Morgan fingerprint density at radius 1 is 1.50 bits per heavy atom. The molecule has 0 spiro atoms. The molecule has 1 amide bonds. The maximum atomic E-state index is 13.1. The van der Waals surface area contributed by atoms with Crippen LogP contribution in [0.5, 0.6) is 0 Å². The zero-order valence-corrected chi connectivity index (χ0v) is 10.4. The summed E-state index contributed by atoms with van der Waals surface area (Å²) in [5, 5.41) is 12.1. The van der Waals surface area contributed by atoms with Crippen LogP contribution in [0.25, 0.3) is 0 Å². The van der Waals surface area contributed by atoms with E-state index in [0.29, 0.717) is 5.56 Å². The Morgan fingerprint density at radius 3 is 3.00 bits per heavy atom. The first-order chi connectivity index (χ1) is 8.61. The molecule has 2 rings (SSSR count). The molecule has 1 fully saturated rings. The first kappa shape index (κ1) is 13.0. The zero-order chi connectivity index (χ0) is 13.1. The molecule has 1 aromatic rings. The van der Waals surface area contributed by atoms with Crippen molar-refractivity contribution in [2.45, 2.75) is 32.2 Å². The van der Waals surface area contributed by atoms with Crippen LogP contribution in [0.3, 0.4) is 0 Å². The second-order valence-electron chi connectivity index (χ2n) is 4.91. The van der Waals surface area contributed by atoms with Crippen molar-refractivity contribution in [3.63, 3.8) is 0 Å². The van der Waals surface area contributed by atoms with Crippen LogP contribution < -0.4 is 5.32 Å². The fraction of sp³-hybridized carbons (Fsp3) is 0.500. The summed E-state index contributed by atoms with van der Waals surface area (Å²) >= 11 is 0. The van der Waals surface area contributed by atoms with E-state index in [1.807, 2.05) is 0 Å². The number of halogens is 1. The van der Waals surface area contributed by atoms with E-state index in [0.717, 1.165) is 24.8 Å². The molecular weight excluding hydrogens is 233 g/mol. The summed E-state index contributed by atoms with van der Waals surface area (Å²) in [5.41, 5.74) is 1.13. The SMILES string of the molecule is Cc1ccc(F)cc1C(=O)NC1CCCC1CO. The number of rotatable bonds is 3. The first-order valence-corrected chi connectivity index (χ1v) is 6.29. The van der Waals surface area contributed by atoms with Crippen LogP contribution in [0.15, 0.2) is 18.2 Å². The maximum absolute atomic E-state index is 13.1. The Hall–Kier alpha value is -1.42. The number of nitrogens with one attached hydrogen (secondary N) is 1. The molecule has 4 heteroatoms. The average Bonchev–Trinajstić information content (AvgIpc) is 2.79. The second kappa shape index (κ2) is 5.48. The predicted molar refractivity (Wildman–Crippen MR) is 66.8 cm³/mol. The number of aryl methyl sites for hydroxylation is 1. The highest BCUT2D eigenvalue weighted by Gasteiger charge is 2.28. The molecule has 1 aliphatic carbocycles. The molecule has 0 heterocycles. The lowest BCUT2D eigenvalue weighted by Gasteiger charge is -2.19. The molecule has 1 aromatic carbocycles. The van der Waals surface area contributed by atoms with Gasteiger partial charge < -0.3 is 10.4 Å². The lowest BCUT2D eigenvalue weighted by Crippen LogP contribution is -2.38. The molecule has 18 heavy (non-hydrogen) atoms. The zero-order valence-electron chi connectivity index (χ0n) is 10.4. The summed E-state index contributed by atoms with van der Waals surface area (Å²) in [5.74, 6) is -0.531. The molecule has 0 saturated heterocycles. The quantitative estimate of drug-likeness (QED) is 0.863. The van der Waals surface area contributed by atoms with E-state index in [2.05, 4.69) is 5.32 Å². The summed E-state index contributed by atoms with van der Waals surface area (Å²) < 4.78 is 13.1. The third kappa shape index (κ3) is 2.70. The molecule has 1 aliphatic rings. The Morgan fingerprint density at radius 2 is 2.28 bits per heavy atom. The average molecular weight is 251 g/mol. The molecule has 0 bridgehead atoms. The molecule has 2 N–H and O–H groups in total. The number of benzene rings is 1. The summed E-state index contributed by atoms with van der Waals surface area (Å²) in [4.78, 5) is 12.1. The van der Waals surface area contributed by atoms with Crippen molar-refractivity contribution in [1.29, 1.82) is 0 Å². The van der Waals surface area contributed by atoms with Crippen LogP contribution in [-0.4, -0.2) is 23.7 Å². The fourth-order valence-corrected chi connectivity index (χ4v) is 2.53. The van der Waals surface area contributed by atoms with E-state index in [-0.39, 0.29) is 24.5 Å². The lowest BCUT2D eigenvalue weighted by atomic mass is 10.0. The molecule has 98 valence electrons. The van der Waals surface area contributed by atoms with Gasteiger partial charge in [-0.15, -0.1) is 0 Å². The Balaban J connectivity index is 2.09. The van der Waals surface area contributed by atoms with E-state index < -0.39 is 5.82 Å². The van der Waals surface area contributed by atoms with Crippen molar-refractivity contribution in [3.05, 3.63) is 35.1 Å². The van der Waals surface area contributed by atoms with Crippen molar-refractivity contribution in [2.75, 3.05) is 6.61 Å². The molecular formula is C14H18FNO2. The number of amides is 1. The van der Waals surface area contributed by atoms with Gasteiger partial charge in [0.25, 0.3) is 5.91 Å². The standard InChI is InChI=1S/C14H18FNO2/c1-9-5-6-11(15)7-12(9)14(18)16-13-4-2-3-10(13)8-17/h5-7,10,13,17H,2-4,8H2,1H3,(H,16,18). The smallest absolute Gasteiger partial charge is 0.251 e. The van der Waals surface area contributed by atoms with Gasteiger partial charge in [-0.05, 0) is 37.5 Å². The summed E-state index contributed by atoms with van der Waals surface area (Å²) in [6.07, 6.45) is 2.83. The number of carbonyl (C=O) groups is 1. The van der Waals surface area contributed by atoms with Gasteiger partial charge in [-0.3, -0.25) is 4.79 Å². The van der Waals surface area contributed by atoms with Gasteiger partial charge in [0.1, 0.15) is 5.82 Å². The molecule has 3 nitrogen and oxygen atoms in total. The third-order valence-corrected chi connectivity index (χ3v) is 3.65. The van der Waals surface area contributed by atoms with Gasteiger partial charge in [0, 0.05) is 24.1 Å². The topological polar surface area (TPSA) is 49.3 Å². The van der Waals surface area contributed by atoms with Crippen molar-refractivity contribution < 1.29 is 14.3 Å². The lowest BCUT2D eigenvalue weighted by molar-refractivity contribution is 0.0915. The predicted octanol–water partition coefficient (Wildman–Crippen LogP) is 2.02. The highest BCUT2D eigenvalue weighted by Crippen LogP contribution is 2.25. The summed E-state index contributed by atoms with van der Waals surface area (Å²) in [6, 6.07) is 4.21. The van der Waals surface area contributed by atoms with Gasteiger partial charge in [0.15, 0.2) is 0 Å². The third-order valence-electron chi connectivity index (χ3n) is 3.65. The monoisotopic (exact) mass is 251 g/mol. The number of aliphatic hydroxyl groups excluding tert-OH is 1. The number of hydrogen-bond acceptors (Lipinski definition) is 2. The van der Waals surface area contributed by atoms with E-state index in [4.69, 9.17) is 0 Å². The van der Waals surface area contributed by atoms with Crippen molar-refractivity contribution in [3.8, 4) is 0 Å². The van der Waals surface area contributed by atoms with Gasteiger partial charge in [0.05, 0.1) is 0 Å². The van der Waals surface area contributed by atoms with Crippen LogP contribution in [-0.2, 0) is 0 Å². The maximum Gasteiger partial charge on any atom is 0.251 e. The number of hydrogen-bond donors (Lipinski definition) is 2. The Kier molecular flexibility index (Phi) is 3.97. The van der Waals surface area contributed by atoms with E-state index >= 15 is 0 Å². The van der Waals surface area contributed by atoms with Crippen LogP contribution in [0.2, 0.25) is 0 Å². The van der Waals surface area contributed by atoms with E-state index in [1.165, 1.54) is 12.1 Å². The fourth-order valence-electron chi connectivity index (χ4n) is 2.53. The number of aliphatic hydroxyl groups is 1. The molecule has 2 atom stereocenters. The molecule has 2 unspecified atom stereocenters. The van der Waals surface area contributed by atoms with Gasteiger partial charge in [0.2, 0.25) is 0 Å². The molecule has 0 radical (unpaired) electrons. The van der Waals surface area contributed by atoms with Gasteiger partial charge in [-0.1, -0.05) is 12.5 Å². The van der Waals surface area contributed by atoms with Crippen LogP contribution in [0.4, 0.5) is 4.39 Å². The minimum atomic E-state index is -0.407. The minimum Gasteiger partial charge on any atom is -0.396 e. The van der Waals surface area contributed by atoms with Gasteiger partial charge in [-0.2, -0.15) is 0 Å². The van der Waals surface area contributed by atoms with Gasteiger partial charge in [-0.25, -0.2) is 4.39 Å². The second-order valence-corrected chi connectivity index (χ2v) is 4.91. The number of carbonyl (C=O) groups excluding carboxylic acids is 1. The minimum absolute atomic E-state index is 0.00478. The first-order valence-electron chi connectivity index (χ1n) is 6.29. The highest BCUT2D eigenvalue weighted by molar-refractivity contribution is 5.95. The van der Waals surface area contributed by atoms with Crippen molar-refractivity contribution in [2.24, 2.45) is 5.92 Å². The Labute approximate surface area is 106 Å². The normalized spacial score (nSPS) is 23.1. The largest absolute Gasteiger partial charge is 0.396 e. The van der Waals surface area contributed by atoms with E-state index in [9.17, 15) is 14.3 Å². The van der Waals surface area contributed by atoms with E-state index in [1.54, 1.807) is 13.0 Å². The van der Waals surface area contributed by atoms with Gasteiger partial charge >= 0.3 is 0 Å². The van der Waals surface area contributed by atoms with Crippen LogP contribution >= 0.6 is 0 Å². The molecule has 0 aliphatic heterocycles. The summed E-state index contributed by atoms with van der Waals surface area (Å²) in [6.45, 7) is 1.87. The molecule has 1 saturated carbocycles. The highest BCUT2D eigenvalue weighted by atomic mass is 19.1. The van der Waals surface area contributed by atoms with Crippen LogP contribution in [0.1, 0.15) is 35.2 Å². The van der Waals surface area contributed by atoms with Crippen molar-refractivity contribution >= 4 is 5.91 Å². The molecule has 0 aromatic heterocycles. The Bertz CT molecular complexity index is 447. The summed E-state index contributed by atoms with van der Waals surface area (Å²) in [7, 11) is 0.